The molecule has 0 aliphatic heterocycles. The molecule has 0 bridgehead atoms. The molecule has 1 aromatic rings. The molecule has 0 N–H and O–H groups in total. The molecule has 86 valence electrons. The summed E-state index contributed by atoms with van der Waals surface area (Å²) >= 11 is 0. The number of hydrogen-bond acceptors (Lipinski definition) is 2. The molecule has 0 saturated heterocycles. The maximum Gasteiger partial charge on any atom is 0.331 e. The molecule has 1 aromatic carbocycles. The van der Waals surface area contributed by atoms with Crippen molar-refractivity contribution in [3.8, 4) is 0 Å². The number of allylic oxidation sites excluding steroid dienone is 1. The Bertz CT molecular complexity index is 425. The van der Waals surface area contributed by atoms with Crippen LogP contribution in [-0.2, 0) is 9.53 Å². The fraction of sp³-hybridized carbons (Fsp3) is 0.250. The summed E-state index contributed by atoms with van der Waals surface area (Å²) in [5.74, 6) is -1.88. The zero-order valence-electron chi connectivity index (χ0n) is 9.09. The topological polar surface area (TPSA) is 26.3 Å². The summed E-state index contributed by atoms with van der Waals surface area (Å²) in [6.45, 7) is 3.50. The van der Waals surface area contributed by atoms with Crippen molar-refractivity contribution in [2.75, 3.05) is 6.61 Å². The van der Waals surface area contributed by atoms with E-state index in [1.807, 2.05) is 0 Å². The molecule has 0 aromatic heterocycles. The largest absolute Gasteiger partial charge is 0.463 e. The molecule has 4 heteroatoms. The van der Waals surface area contributed by atoms with E-state index in [2.05, 4.69) is 4.74 Å². The Balaban J connectivity index is 2.96. The highest BCUT2D eigenvalue weighted by Crippen LogP contribution is 2.18. The van der Waals surface area contributed by atoms with E-state index in [4.69, 9.17) is 0 Å². The number of esters is 1. The lowest BCUT2D eigenvalue weighted by Crippen LogP contribution is -2.00. The van der Waals surface area contributed by atoms with E-state index in [0.717, 1.165) is 12.1 Å². The first-order valence-corrected chi connectivity index (χ1v) is 4.85. The van der Waals surface area contributed by atoms with Gasteiger partial charge in [-0.3, -0.25) is 0 Å². The predicted octanol–water partition coefficient (Wildman–Crippen LogP) is 2.93. The van der Waals surface area contributed by atoms with Crippen molar-refractivity contribution in [2.24, 2.45) is 0 Å². The van der Waals surface area contributed by atoms with Crippen LogP contribution in [0.25, 0.3) is 5.57 Å². The van der Waals surface area contributed by atoms with Crippen molar-refractivity contribution in [1.29, 1.82) is 0 Å². The third-order valence-electron chi connectivity index (χ3n) is 1.98. The normalized spacial score (nSPS) is 11.4. The highest BCUT2D eigenvalue weighted by Gasteiger charge is 2.07. The number of benzene rings is 1. The van der Waals surface area contributed by atoms with Gasteiger partial charge in [0.05, 0.1) is 6.61 Å². The van der Waals surface area contributed by atoms with E-state index < -0.39 is 17.6 Å². The lowest BCUT2D eigenvalue weighted by molar-refractivity contribution is -0.137. The van der Waals surface area contributed by atoms with Crippen LogP contribution in [0, 0.1) is 11.6 Å². The quantitative estimate of drug-likeness (QED) is 0.585. The van der Waals surface area contributed by atoms with Gasteiger partial charge < -0.3 is 4.74 Å². The van der Waals surface area contributed by atoms with Gasteiger partial charge in [0, 0.05) is 17.7 Å². The maximum atomic E-state index is 13.3. The predicted molar refractivity (Wildman–Crippen MR) is 56.6 cm³/mol. The number of carbonyl (C=O) groups excluding carboxylic acids is 1. The Morgan fingerprint density at radius 3 is 2.69 bits per heavy atom. The first kappa shape index (κ1) is 12.4. The van der Waals surface area contributed by atoms with Crippen LogP contribution in [-0.4, -0.2) is 12.6 Å². The van der Waals surface area contributed by atoms with Gasteiger partial charge in [-0.05, 0) is 31.6 Å². The lowest BCUT2D eigenvalue weighted by atomic mass is 10.1. The minimum Gasteiger partial charge on any atom is -0.463 e. The molecule has 0 fully saturated rings. The van der Waals surface area contributed by atoms with E-state index in [0.29, 0.717) is 5.57 Å². The van der Waals surface area contributed by atoms with Crippen LogP contribution in [0.5, 0.6) is 0 Å². The molecule has 16 heavy (non-hydrogen) atoms. The van der Waals surface area contributed by atoms with Gasteiger partial charge in [0.15, 0.2) is 0 Å². The molecule has 0 heterocycles. The average Bonchev–Trinajstić information content (AvgIpc) is 2.17. The van der Waals surface area contributed by atoms with Gasteiger partial charge in [0.1, 0.15) is 11.6 Å². The molecule has 0 saturated carbocycles. The van der Waals surface area contributed by atoms with E-state index in [9.17, 15) is 13.6 Å². The standard InChI is InChI=1S/C12H12F2O2/c1-3-16-12(15)6-8(2)10-5-4-9(13)7-11(10)14/h4-7H,3H2,1-2H3/b8-6+. The maximum absolute atomic E-state index is 13.3. The zero-order valence-corrected chi connectivity index (χ0v) is 9.09. The molecule has 0 amide bonds. The van der Waals surface area contributed by atoms with Crippen LogP contribution in [0.3, 0.4) is 0 Å². The van der Waals surface area contributed by atoms with Crippen molar-refractivity contribution in [3.63, 3.8) is 0 Å². The third-order valence-corrected chi connectivity index (χ3v) is 1.98. The van der Waals surface area contributed by atoms with Gasteiger partial charge >= 0.3 is 5.97 Å². The van der Waals surface area contributed by atoms with Gasteiger partial charge in [0.25, 0.3) is 0 Å². The monoisotopic (exact) mass is 226 g/mol. The SMILES string of the molecule is CCOC(=O)/C=C(\C)c1ccc(F)cc1F. The first-order chi connectivity index (χ1) is 7.54. The van der Waals surface area contributed by atoms with E-state index in [-0.39, 0.29) is 12.2 Å². The van der Waals surface area contributed by atoms with Crippen molar-refractivity contribution in [1.82, 2.24) is 0 Å². The van der Waals surface area contributed by atoms with Crippen LogP contribution in [0.15, 0.2) is 24.3 Å². The second-order valence-electron chi connectivity index (χ2n) is 3.20. The smallest absolute Gasteiger partial charge is 0.331 e. The van der Waals surface area contributed by atoms with Gasteiger partial charge in [-0.25, -0.2) is 13.6 Å². The average molecular weight is 226 g/mol. The Hall–Kier alpha value is -1.71. The zero-order chi connectivity index (χ0) is 12.1. The third kappa shape index (κ3) is 3.15. The summed E-state index contributed by atoms with van der Waals surface area (Å²) in [6.07, 6.45) is 1.18. The summed E-state index contributed by atoms with van der Waals surface area (Å²) in [5.41, 5.74) is 0.588. The minimum atomic E-state index is -0.696. The second-order valence-corrected chi connectivity index (χ2v) is 3.20. The van der Waals surface area contributed by atoms with Crippen molar-refractivity contribution < 1.29 is 18.3 Å². The summed E-state index contributed by atoms with van der Waals surface area (Å²) < 4.78 is 30.6. The summed E-state index contributed by atoms with van der Waals surface area (Å²) in [7, 11) is 0. The van der Waals surface area contributed by atoms with Crippen molar-refractivity contribution in [3.05, 3.63) is 41.5 Å². The van der Waals surface area contributed by atoms with Crippen LogP contribution >= 0.6 is 0 Å². The van der Waals surface area contributed by atoms with Crippen molar-refractivity contribution >= 4 is 11.5 Å². The van der Waals surface area contributed by atoms with Crippen LogP contribution in [0.4, 0.5) is 8.78 Å². The first-order valence-electron chi connectivity index (χ1n) is 4.85. The van der Waals surface area contributed by atoms with Crippen molar-refractivity contribution in [2.45, 2.75) is 13.8 Å². The van der Waals surface area contributed by atoms with E-state index in [1.54, 1.807) is 13.8 Å². The molecular formula is C12H12F2O2. The fourth-order valence-corrected chi connectivity index (χ4v) is 1.25. The molecule has 2 nitrogen and oxygen atoms in total. The number of ether oxygens (including phenoxy) is 1. The Kier molecular flexibility index (Phi) is 4.17. The molecular weight excluding hydrogens is 214 g/mol. The summed E-state index contributed by atoms with van der Waals surface area (Å²) in [5, 5.41) is 0. The second kappa shape index (κ2) is 5.39. The number of halogens is 2. The van der Waals surface area contributed by atoms with E-state index >= 15 is 0 Å². The molecule has 1 rings (SSSR count). The molecule has 0 unspecified atom stereocenters. The molecule has 0 atom stereocenters. The Morgan fingerprint density at radius 1 is 1.44 bits per heavy atom. The summed E-state index contributed by atoms with van der Waals surface area (Å²) in [6, 6.07) is 3.20. The lowest BCUT2D eigenvalue weighted by Gasteiger charge is -2.03. The molecule has 0 radical (unpaired) electrons. The Labute approximate surface area is 92.5 Å². The van der Waals surface area contributed by atoms with Gasteiger partial charge in [-0.2, -0.15) is 0 Å². The highest BCUT2D eigenvalue weighted by atomic mass is 19.1. The van der Waals surface area contributed by atoms with Gasteiger partial charge in [0.2, 0.25) is 0 Å². The number of hydrogen-bond donors (Lipinski definition) is 0. The molecule has 0 aliphatic carbocycles. The number of rotatable bonds is 3. The minimum absolute atomic E-state index is 0.189. The van der Waals surface area contributed by atoms with Crippen LogP contribution in [0.1, 0.15) is 19.4 Å². The molecule has 0 spiro atoms. The van der Waals surface area contributed by atoms with Crippen LogP contribution in [0.2, 0.25) is 0 Å². The fourth-order valence-electron chi connectivity index (χ4n) is 1.25. The summed E-state index contributed by atoms with van der Waals surface area (Å²) in [4.78, 5) is 11.1. The Morgan fingerprint density at radius 2 is 2.12 bits per heavy atom. The van der Waals surface area contributed by atoms with E-state index in [1.165, 1.54) is 12.1 Å². The van der Waals surface area contributed by atoms with Gasteiger partial charge in [-0.1, -0.05) is 0 Å². The van der Waals surface area contributed by atoms with Crippen LogP contribution < -0.4 is 0 Å². The van der Waals surface area contributed by atoms with Gasteiger partial charge in [-0.15, -0.1) is 0 Å². The molecule has 0 aliphatic rings. The highest BCUT2D eigenvalue weighted by molar-refractivity contribution is 5.90. The number of carbonyl (C=O) groups is 1.